The Hall–Kier alpha value is -2.76. The molecule has 4 nitrogen and oxygen atoms in total. The van der Waals surface area contributed by atoms with Crippen molar-refractivity contribution in [2.24, 2.45) is 0 Å². The fourth-order valence-electron chi connectivity index (χ4n) is 2.90. The third kappa shape index (κ3) is 3.70. The SMILES string of the molecule is Cc1cc(Cl)cc2sc(N(Cc3cccnc3)C(=O)c3ccccc3)nc12. The molecule has 2 aromatic heterocycles. The molecule has 1 amide bonds. The molecule has 0 fully saturated rings. The number of hydrogen-bond donors (Lipinski definition) is 0. The van der Waals surface area contributed by atoms with Gasteiger partial charge in [0.15, 0.2) is 5.13 Å². The maximum atomic E-state index is 13.2. The van der Waals surface area contributed by atoms with E-state index in [0.29, 0.717) is 22.3 Å². The summed E-state index contributed by atoms with van der Waals surface area (Å²) < 4.78 is 0.965. The van der Waals surface area contributed by atoms with Crippen LogP contribution in [0.1, 0.15) is 21.5 Å². The minimum absolute atomic E-state index is 0.0951. The zero-order valence-corrected chi connectivity index (χ0v) is 16.2. The molecule has 6 heteroatoms. The van der Waals surface area contributed by atoms with Crippen LogP contribution in [0.15, 0.2) is 67.0 Å². The van der Waals surface area contributed by atoms with Gasteiger partial charge in [0.25, 0.3) is 5.91 Å². The second kappa shape index (κ2) is 7.47. The Morgan fingerprint density at radius 3 is 2.70 bits per heavy atom. The average Bonchev–Trinajstić information content (AvgIpc) is 3.11. The number of benzene rings is 2. The van der Waals surface area contributed by atoms with Crippen LogP contribution in [-0.2, 0) is 6.54 Å². The monoisotopic (exact) mass is 393 g/mol. The first-order valence-electron chi connectivity index (χ1n) is 8.44. The second-order valence-corrected chi connectivity index (χ2v) is 7.63. The maximum Gasteiger partial charge on any atom is 0.260 e. The van der Waals surface area contributed by atoms with Gasteiger partial charge in [0, 0.05) is 23.0 Å². The number of nitrogens with zero attached hydrogens (tertiary/aromatic N) is 3. The number of amides is 1. The van der Waals surface area contributed by atoms with Crippen LogP contribution in [0.2, 0.25) is 5.02 Å². The van der Waals surface area contributed by atoms with Gasteiger partial charge >= 0.3 is 0 Å². The Balaban J connectivity index is 1.80. The summed E-state index contributed by atoms with van der Waals surface area (Å²) in [5.74, 6) is -0.0951. The van der Waals surface area contributed by atoms with Crippen LogP contribution in [0.5, 0.6) is 0 Å². The fourth-order valence-corrected chi connectivity index (χ4v) is 4.31. The number of hydrogen-bond acceptors (Lipinski definition) is 4. The lowest BCUT2D eigenvalue weighted by Crippen LogP contribution is -2.30. The maximum absolute atomic E-state index is 13.2. The molecule has 0 atom stereocenters. The Morgan fingerprint density at radius 2 is 1.96 bits per heavy atom. The lowest BCUT2D eigenvalue weighted by atomic mass is 10.2. The summed E-state index contributed by atoms with van der Waals surface area (Å²) in [6.07, 6.45) is 3.48. The van der Waals surface area contributed by atoms with Gasteiger partial charge in [-0.2, -0.15) is 0 Å². The van der Waals surface area contributed by atoms with E-state index in [9.17, 15) is 4.79 Å². The summed E-state index contributed by atoms with van der Waals surface area (Å²) in [6, 6.07) is 16.8. The lowest BCUT2D eigenvalue weighted by molar-refractivity contribution is 0.0985. The van der Waals surface area contributed by atoms with Gasteiger partial charge < -0.3 is 0 Å². The number of thiazole rings is 1. The number of rotatable bonds is 4. The largest absolute Gasteiger partial charge is 0.279 e. The van der Waals surface area contributed by atoms with Gasteiger partial charge in [0.1, 0.15) is 0 Å². The normalized spacial score (nSPS) is 10.9. The highest BCUT2D eigenvalue weighted by Gasteiger charge is 2.22. The van der Waals surface area contributed by atoms with E-state index in [2.05, 4.69) is 4.98 Å². The first-order chi connectivity index (χ1) is 13.1. The molecule has 2 heterocycles. The molecular formula is C21H16ClN3OS. The van der Waals surface area contributed by atoms with Gasteiger partial charge in [-0.05, 0) is 48.4 Å². The quantitative estimate of drug-likeness (QED) is 0.460. The van der Waals surface area contributed by atoms with Crippen molar-refractivity contribution in [1.82, 2.24) is 9.97 Å². The van der Waals surface area contributed by atoms with E-state index in [1.54, 1.807) is 17.3 Å². The number of pyridine rings is 1. The first-order valence-corrected chi connectivity index (χ1v) is 9.64. The van der Waals surface area contributed by atoms with E-state index in [4.69, 9.17) is 16.6 Å². The second-order valence-electron chi connectivity index (χ2n) is 6.18. The fraction of sp³-hybridized carbons (Fsp3) is 0.0952. The number of carbonyl (C=O) groups is 1. The van der Waals surface area contributed by atoms with Crippen molar-refractivity contribution in [1.29, 1.82) is 0 Å². The van der Waals surface area contributed by atoms with Crippen molar-refractivity contribution in [3.05, 3.63) is 88.7 Å². The summed E-state index contributed by atoms with van der Waals surface area (Å²) in [5, 5.41) is 1.32. The number of aryl methyl sites for hydroxylation is 1. The number of fused-ring (bicyclic) bond motifs is 1. The first kappa shape index (κ1) is 17.6. The number of halogens is 1. The summed E-state index contributed by atoms with van der Waals surface area (Å²) in [5.41, 5.74) is 3.43. The predicted molar refractivity (Wildman–Crippen MR) is 111 cm³/mol. The van der Waals surface area contributed by atoms with Crippen LogP contribution in [0, 0.1) is 6.92 Å². The molecule has 0 aliphatic carbocycles. The van der Waals surface area contributed by atoms with E-state index < -0.39 is 0 Å². The zero-order chi connectivity index (χ0) is 18.8. The lowest BCUT2D eigenvalue weighted by Gasteiger charge is -2.20. The molecule has 0 saturated carbocycles. The van der Waals surface area contributed by atoms with Crippen LogP contribution in [0.4, 0.5) is 5.13 Å². The van der Waals surface area contributed by atoms with E-state index in [1.807, 2.05) is 61.5 Å². The molecule has 134 valence electrons. The summed E-state index contributed by atoms with van der Waals surface area (Å²) in [4.78, 5) is 23.8. The highest BCUT2D eigenvalue weighted by atomic mass is 35.5. The molecule has 0 aliphatic heterocycles. The van der Waals surface area contributed by atoms with Gasteiger partial charge in [-0.25, -0.2) is 4.98 Å². The van der Waals surface area contributed by atoms with Crippen LogP contribution < -0.4 is 4.90 Å². The van der Waals surface area contributed by atoms with Crippen molar-refractivity contribution >= 4 is 44.2 Å². The van der Waals surface area contributed by atoms with E-state index >= 15 is 0 Å². The standard InChI is InChI=1S/C21H16ClN3OS/c1-14-10-17(22)11-18-19(14)24-21(27-18)25(13-15-6-5-9-23-12-15)20(26)16-7-3-2-4-8-16/h2-12H,13H2,1H3. The molecule has 27 heavy (non-hydrogen) atoms. The minimum atomic E-state index is -0.0951. The molecule has 2 aromatic carbocycles. The summed E-state index contributed by atoms with van der Waals surface area (Å²) in [7, 11) is 0. The summed E-state index contributed by atoms with van der Waals surface area (Å²) in [6.45, 7) is 2.37. The zero-order valence-electron chi connectivity index (χ0n) is 14.6. The predicted octanol–water partition coefficient (Wildman–Crippen LogP) is 5.50. The Labute approximate surface area is 166 Å². The highest BCUT2D eigenvalue weighted by Crippen LogP contribution is 2.34. The van der Waals surface area contributed by atoms with Crippen molar-refractivity contribution in [3.8, 4) is 0 Å². The molecular weight excluding hydrogens is 378 g/mol. The smallest absolute Gasteiger partial charge is 0.260 e. The van der Waals surface area contributed by atoms with Gasteiger partial charge in [-0.1, -0.05) is 47.2 Å². The van der Waals surface area contributed by atoms with Crippen molar-refractivity contribution in [2.45, 2.75) is 13.5 Å². The van der Waals surface area contributed by atoms with Gasteiger partial charge in [0.2, 0.25) is 0 Å². The Kier molecular flexibility index (Phi) is 4.88. The molecule has 0 saturated heterocycles. The van der Waals surface area contributed by atoms with E-state index in [0.717, 1.165) is 21.3 Å². The number of aromatic nitrogens is 2. The highest BCUT2D eigenvalue weighted by molar-refractivity contribution is 7.22. The van der Waals surface area contributed by atoms with Crippen LogP contribution in [0.3, 0.4) is 0 Å². The van der Waals surface area contributed by atoms with Gasteiger partial charge in [-0.3, -0.25) is 14.7 Å². The van der Waals surface area contributed by atoms with E-state index in [-0.39, 0.29) is 5.91 Å². The number of anilines is 1. The molecule has 0 N–H and O–H groups in total. The van der Waals surface area contributed by atoms with Crippen LogP contribution in [-0.4, -0.2) is 15.9 Å². The third-order valence-corrected chi connectivity index (χ3v) is 5.44. The average molecular weight is 394 g/mol. The summed E-state index contributed by atoms with van der Waals surface area (Å²) >= 11 is 7.66. The topological polar surface area (TPSA) is 46.1 Å². The molecule has 0 aliphatic rings. The van der Waals surface area contributed by atoms with Gasteiger partial charge in [0.05, 0.1) is 16.8 Å². The van der Waals surface area contributed by atoms with Crippen LogP contribution in [0.25, 0.3) is 10.2 Å². The molecule has 4 aromatic rings. The van der Waals surface area contributed by atoms with Gasteiger partial charge in [-0.15, -0.1) is 0 Å². The van der Waals surface area contributed by atoms with E-state index in [1.165, 1.54) is 11.3 Å². The number of carbonyl (C=O) groups excluding carboxylic acids is 1. The third-order valence-electron chi connectivity index (χ3n) is 4.20. The molecule has 0 unspecified atom stereocenters. The minimum Gasteiger partial charge on any atom is -0.279 e. The molecule has 4 rings (SSSR count). The van der Waals surface area contributed by atoms with Crippen molar-refractivity contribution in [3.63, 3.8) is 0 Å². The Bertz CT molecular complexity index is 1100. The molecule has 0 radical (unpaired) electrons. The van der Waals surface area contributed by atoms with Crippen LogP contribution >= 0.6 is 22.9 Å². The molecule has 0 bridgehead atoms. The van der Waals surface area contributed by atoms with Crippen molar-refractivity contribution in [2.75, 3.05) is 4.90 Å². The van der Waals surface area contributed by atoms with Crippen molar-refractivity contribution < 1.29 is 4.79 Å². The molecule has 0 spiro atoms. The Morgan fingerprint density at radius 1 is 1.15 bits per heavy atom.